The van der Waals surface area contributed by atoms with Crippen LogP contribution in [0.3, 0.4) is 0 Å². The average molecular weight is 271 g/mol. The van der Waals surface area contributed by atoms with Crippen LogP contribution in [0.4, 0.5) is 0 Å². The molecule has 1 N–H and O–H groups in total. The zero-order valence-corrected chi connectivity index (χ0v) is 11.8. The highest BCUT2D eigenvalue weighted by Gasteiger charge is 2.21. The number of methoxy groups -OCH3 is 1. The van der Waals surface area contributed by atoms with E-state index in [1.54, 1.807) is 12.0 Å². The highest BCUT2D eigenvalue weighted by atomic mass is 16.5. The van der Waals surface area contributed by atoms with Gasteiger partial charge in [-0.15, -0.1) is 0 Å². The van der Waals surface area contributed by atoms with Gasteiger partial charge in [-0.25, -0.2) is 0 Å². The van der Waals surface area contributed by atoms with Gasteiger partial charge in [-0.2, -0.15) is 0 Å². The zero-order valence-electron chi connectivity index (χ0n) is 11.8. The van der Waals surface area contributed by atoms with Crippen molar-refractivity contribution in [3.8, 4) is 0 Å². The van der Waals surface area contributed by atoms with Gasteiger partial charge in [-0.3, -0.25) is 9.59 Å². The summed E-state index contributed by atoms with van der Waals surface area (Å²) >= 11 is 0. The van der Waals surface area contributed by atoms with E-state index in [9.17, 15) is 9.59 Å². The fraction of sp³-hybridized carbons (Fsp3) is 0.857. The van der Waals surface area contributed by atoms with E-state index in [-0.39, 0.29) is 18.9 Å². The molecule has 0 atom stereocenters. The lowest BCUT2D eigenvalue weighted by Gasteiger charge is -2.26. The predicted molar refractivity (Wildman–Crippen MR) is 71.9 cm³/mol. The Balaban J connectivity index is 2.41. The lowest BCUT2D eigenvalue weighted by atomic mass is 9.86. The first-order chi connectivity index (χ1) is 9.13. The summed E-state index contributed by atoms with van der Waals surface area (Å²) in [5.74, 6) is -0.311. The predicted octanol–water partition coefficient (Wildman–Crippen LogP) is 1.91. The molecule has 1 aliphatic rings. The van der Waals surface area contributed by atoms with Gasteiger partial charge >= 0.3 is 5.97 Å². The quantitative estimate of drug-likeness (QED) is 0.732. The van der Waals surface area contributed by atoms with Crippen LogP contribution in [0.1, 0.15) is 44.9 Å². The van der Waals surface area contributed by atoms with Crippen LogP contribution in [0.5, 0.6) is 0 Å². The number of hydrogen-bond acceptors (Lipinski definition) is 3. The minimum absolute atomic E-state index is 0.000120. The third-order valence-corrected chi connectivity index (χ3v) is 3.70. The fourth-order valence-corrected chi connectivity index (χ4v) is 2.56. The molecule has 0 spiro atoms. The summed E-state index contributed by atoms with van der Waals surface area (Å²) in [6, 6.07) is 0. The molecule has 5 nitrogen and oxygen atoms in total. The van der Waals surface area contributed by atoms with E-state index in [2.05, 4.69) is 0 Å². The Kier molecular flexibility index (Phi) is 7.48. The summed E-state index contributed by atoms with van der Waals surface area (Å²) in [5.41, 5.74) is 0. The van der Waals surface area contributed by atoms with Gasteiger partial charge in [-0.05, 0) is 18.8 Å². The molecule has 1 amide bonds. The summed E-state index contributed by atoms with van der Waals surface area (Å²) in [7, 11) is 1.58. The van der Waals surface area contributed by atoms with Gasteiger partial charge in [0.25, 0.3) is 0 Å². The molecule has 5 heteroatoms. The number of aliphatic carboxylic acids is 1. The first-order valence-corrected chi connectivity index (χ1v) is 7.12. The minimum Gasteiger partial charge on any atom is -0.481 e. The normalized spacial score (nSPS) is 16.3. The lowest BCUT2D eigenvalue weighted by Crippen LogP contribution is -2.36. The van der Waals surface area contributed by atoms with E-state index in [0.717, 1.165) is 12.8 Å². The van der Waals surface area contributed by atoms with Crippen LogP contribution in [0.15, 0.2) is 0 Å². The van der Waals surface area contributed by atoms with Crippen LogP contribution in [0.25, 0.3) is 0 Å². The third kappa shape index (κ3) is 6.57. The Bertz CT molecular complexity index is 287. The van der Waals surface area contributed by atoms with Crippen molar-refractivity contribution in [3.63, 3.8) is 0 Å². The number of carbonyl (C=O) groups excluding carboxylic acids is 1. The van der Waals surface area contributed by atoms with E-state index >= 15 is 0 Å². The second-order valence-electron chi connectivity index (χ2n) is 5.23. The first-order valence-electron chi connectivity index (χ1n) is 7.12. The van der Waals surface area contributed by atoms with E-state index in [1.165, 1.54) is 19.3 Å². The Hall–Kier alpha value is -1.10. The van der Waals surface area contributed by atoms with Crippen molar-refractivity contribution in [2.24, 2.45) is 5.92 Å². The van der Waals surface area contributed by atoms with E-state index in [4.69, 9.17) is 9.84 Å². The van der Waals surface area contributed by atoms with Crippen molar-refractivity contribution >= 4 is 11.9 Å². The van der Waals surface area contributed by atoms with Gasteiger partial charge < -0.3 is 14.7 Å². The molecule has 0 aromatic heterocycles. The molecule has 1 aliphatic carbocycles. The number of hydrogen-bond donors (Lipinski definition) is 1. The molecule has 0 heterocycles. The molecule has 0 aromatic rings. The second-order valence-corrected chi connectivity index (χ2v) is 5.23. The van der Waals surface area contributed by atoms with Gasteiger partial charge in [0.1, 0.15) is 0 Å². The fourth-order valence-electron chi connectivity index (χ4n) is 2.56. The number of carboxylic acid groups (broad SMARTS) is 1. The average Bonchev–Trinajstić information content (AvgIpc) is 2.39. The van der Waals surface area contributed by atoms with Gasteiger partial charge in [0.15, 0.2) is 0 Å². The molecule has 1 saturated carbocycles. The molecular weight excluding hydrogens is 246 g/mol. The summed E-state index contributed by atoms with van der Waals surface area (Å²) in [5, 5.41) is 8.72. The Morgan fingerprint density at radius 3 is 2.47 bits per heavy atom. The van der Waals surface area contributed by atoms with Gasteiger partial charge in [0.05, 0.1) is 13.0 Å². The molecule has 0 aliphatic heterocycles. The maximum absolute atomic E-state index is 12.2. The van der Waals surface area contributed by atoms with Crippen molar-refractivity contribution in [1.82, 2.24) is 4.90 Å². The number of carboxylic acids is 1. The first kappa shape index (κ1) is 16.0. The Morgan fingerprint density at radius 1 is 1.21 bits per heavy atom. The molecule has 19 heavy (non-hydrogen) atoms. The van der Waals surface area contributed by atoms with Crippen LogP contribution >= 0.6 is 0 Å². The standard InChI is InChI=1S/C14H25NO4/c1-19-10-9-15(8-7-14(17)18)13(16)11-12-5-3-2-4-6-12/h12H,2-11H2,1H3,(H,17,18). The highest BCUT2D eigenvalue weighted by molar-refractivity contribution is 5.77. The van der Waals surface area contributed by atoms with Crippen molar-refractivity contribution < 1.29 is 19.4 Å². The topological polar surface area (TPSA) is 66.8 Å². The van der Waals surface area contributed by atoms with Crippen LogP contribution in [-0.4, -0.2) is 48.7 Å². The number of amides is 1. The SMILES string of the molecule is COCCN(CCC(=O)O)C(=O)CC1CCCCC1. The van der Waals surface area contributed by atoms with Gasteiger partial charge in [0, 0.05) is 26.6 Å². The molecule has 0 bridgehead atoms. The second kappa shape index (κ2) is 8.91. The van der Waals surface area contributed by atoms with Crippen LogP contribution in [0, 0.1) is 5.92 Å². The Labute approximate surface area is 114 Å². The minimum atomic E-state index is -0.868. The summed E-state index contributed by atoms with van der Waals surface area (Å²) in [4.78, 5) is 24.5. The van der Waals surface area contributed by atoms with E-state index in [1.807, 2.05) is 0 Å². The van der Waals surface area contributed by atoms with Gasteiger partial charge in [-0.1, -0.05) is 19.3 Å². The maximum Gasteiger partial charge on any atom is 0.305 e. The smallest absolute Gasteiger partial charge is 0.305 e. The molecular formula is C14H25NO4. The van der Waals surface area contributed by atoms with Crippen LogP contribution in [-0.2, 0) is 14.3 Å². The molecule has 0 saturated heterocycles. The number of nitrogens with zero attached hydrogens (tertiary/aromatic N) is 1. The van der Waals surface area contributed by atoms with Crippen LogP contribution < -0.4 is 0 Å². The molecule has 0 radical (unpaired) electrons. The molecule has 0 unspecified atom stereocenters. The van der Waals surface area contributed by atoms with Gasteiger partial charge in [0.2, 0.25) is 5.91 Å². The zero-order chi connectivity index (χ0) is 14.1. The summed E-state index contributed by atoms with van der Waals surface area (Å²) in [6.07, 6.45) is 6.52. The van der Waals surface area contributed by atoms with Crippen molar-refractivity contribution in [3.05, 3.63) is 0 Å². The number of rotatable bonds is 8. The third-order valence-electron chi connectivity index (χ3n) is 3.70. The molecule has 1 rings (SSSR count). The lowest BCUT2D eigenvalue weighted by molar-refractivity contribution is -0.139. The van der Waals surface area contributed by atoms with Crippen molar-refractivity contribution in [2.45, 2.75) is 44.9 Å². The monoisotopic (exact) mass is 271 g/mol. The van der Waals surface area contributed by atoms with Crippen molar-refractivity contribution in [2.75, 3.05) is 26.8 Å². The van der Waals surface area contributed by atoms with Crippen LogP contribution in [0.2, 0.25) is 0 Å². The van der Waals surface area contributed by atoms with Crippen molar-refractivity contribution in [1.29, 1.82) is 0 Å². The number of carbonyl (C=O) groups is 2. The molecule has 110 valence electrons. The van der Waals surface area contributed by atoms with E-state index < -0.39 is 5.97 Å². The molecule has 0 aromatic carbocycles. The number of ether oxygens (including phenoxy) is 1. The largest absolute Gasteiger partial charge is 0.481 e. The maximum atomic E-state index is 12.2. The Morgan fingerprint density at radius 2 is 1.89 bits per heavy atom. The summed E-state index contributed by atoms with van der Waals surface area (Å²) in [6.45, 7) is 1.22. The highest BCUT2D eigenvalue weighted by Crippen LogP contribution is 2.26. The van der Waals surface area contributed by atoms with E-state index in [0.29, 0.717) is 25.5 Å². The summed E-state index contributed by atoms with van der Waals surface area (Å²) < 4.78 is 4.98. The molecule has 1 fully saturated rings.